The third-order valence-electron chi connectivity index (χ3n) is 3.77. The lowest BCUT2D eigenvalue weighted by Gasteiger charge is -2.06. The van der Waals surface area contributed by atoms with E-state index in [1.165, 1.54) is 6.08 Å². The zero-order valence-corrected chi connectivity index (χ0v) is 15.6. The van der Waals surface area contributed by atoms with Crippen LogP contribution in [0.1, 0.15) is 15.9 Å². The number of carboxylic acids is 1. The van der Waals surface area contributed by atoms with E-state index < -0.39 is 11.9 Å². The molecule has 0 bridgehead atoms. The number of carbonyl (C=O) groups excluding carboxylic acids is 1. The van der Waals surface area contributed by atoms with Crippen LogP contribution in [0.2, 0.25) is 5.02 Å². The topological polar surface area (TPSA) is 92.4 Å². The number of carboxylic acid groups (broad SMARTS) is 1. The first-order valence-electron chi connectivity index (χ1n) is 7.90. The fourth-order valence-electron chi connectivity index (χ4n) is 2.47. The molecule has 1 heterocycles. The summed E-state index contributed by atoms with van der Waals surface area (Å²) in [6.07, 6.45) is 1.53. The second-order valence-electron chi connectivity index (χ2n) is 5.63. The molecule has 0 aliphatic heterocycles. The smallest absolute Gasteiger partial charge is 0.339 e. The molecule has 0 aliphatic rings. The number of aromatic carboxylic acids is 1. The van der Waals surface area contributed by atoms with Gasteiger partial charge in [-0.05, 0) is 29.3 Å². The summed E-state index contributed by atoms with van der Waals surface area (Å²) in [5.41, 5.74) is 7.83. The van der Waals surface area contributed by atoms with Crippen LogP contribution in [0.3, 0.4) is 0 Å². The number of thiophene rings is 1. The molecule has 3 rings (SSSR count). The highest BCUT2D eigenvalue weighted by Crippen LogP contribution is 2.36. The molecule has 27 heavy (non-hydrogen) atoms. The molecule has 5 nitrogen and oxygen atoms in total. The van der Waals surface area contributed by atoms with E-state index in [1.54, 1.807) is 29.6 Å². The molecule has 0 aliphatic carbocycles. The van der Waals surface area contributed by atoms with E-state index in [9.17, 15) is 14.7 Å². The van der Waals surface area contributed by atoms with Gasteiger partial charge in [0.2, 0.25) is 0 Å². The quantitative estimate of drug-likeness (QED) is 0.543. The summed E-state index contributed by atoms with van der Waals surface area (Å²) in [5.74, 6) is -1.70. The fourth-order valence-corrected chi connectivity index (χ4v) is 3.56. The van der Waals surface area contributed by atoms with Crippen LogP contribution in [-0.2, 0) is 4.79 Å². The largest absolute Gasteiger partial charge is 0.478 e. The highest BCUT2D eigenvalue weighted by atomic mass is 35.5. The highest BCUT2D eigenvalue weighted by molar-refractivity contribution is 7.15. The number of anilines is 1. The Labute approximate surface area is 164 Å². The van der Waals surface area contributed by atoms with Gasteiger partial charge in [0.15, 0.2) is 0 Å². The number of hydrogen-bond donors (Lipinski definition) is 3. The van der Waals surface area contributed by atoms with E-state index in [0.29, 0.717) is 16.1 Å². The van der Waals surface area contributed by atoms with Gasteiger partial charge in [0.1, 0.15) is 10.6 Å². The van der Waals surface area contributed by atoms with Crippen LogP contribution in [0.15, 0.2) is 65.7 Å². The number of carbonyl (C=O) groups is 2. The number of nitrogens with two attached hydrogens (primary N) is 1. The zero-order chi connectivity index (χ0) is 19.4. The number of halogens is 1. The van der Waals surface area contributed by atoms with Gasteiger partial charge < -0.3 is 16.2 Å². The maximum absolute atomic E-state index is 12.4. The molecule has 0 saturated heterocycles. The molecule has 3 aromatic rings. The van der Waals surface area contributed by atoms with E-state index in [4.69, 9.17) is 17.3 Å². The molecule has 0 saturated carbocycles. The van der Waals surface area contributed by atoms with Crippen molar-refractivity contribution in [1.29, 1.82) is 0 Å². The third kappa shape index (κ3) is 4.36. The van der Waals surface area contributed by atoms with Gasteiger partial charge in [-0.25, -0.2) is 4.79 Å². The van der Waals surface area contributed by atoms with E-state index in [1.807, 2.05) is 30.3 Å². The summed E-state index contributed by atoms with van der Waals surface area (Å²) in [7, 11) is 0. The first kappa shape index (κ1) is 18.7. The summed E-state index contributed by atoms with van der Waals surface area (Å²) in [5, 5.41) is 14.7. The van der Waals surface area contributed by atoms with Crippen molar-refractivity contribution in [2.24, 2.45) is 5.73 Å². The Morgan fingerprint density at radius 2 is 1.74 bits per heavy atom. The molecule has 0 unspecified atom stereocenters. The van der Waals surface area contributed by atoms with Crippen LogP contribution >= 0.6 is 22.9 Å². The molecule has 0 fully saturated rings. The predicted molar refractivity (Wildman–Crippen MR) is 109 cm³/mol. The van der Waals surface area contributed by atoms with Crippen LogP contribution in [0.25, 0.3) is 17.2 Å². The Hall–Kier alpha value is -3.09. The second-order valence-corrected chi connectivity index (χ2v) is 6.95. The Morgan fingerprint density at radius 1 is 1.07 bits per heavy atom. The molecular weight excluding hydrogens is 384 g/mol. The SMILES string of the molecule is N/C(=C\c1ccccc1)C(=O)Nc1scc(-c2ccc(Cl)cc2)c1C(=O)O. The lowest BCUT2D eigenvalue weighted by atomic mass is 10.0. The van der Waals surface area contributed by atoms with Crippen molar-refractivity contribution in [1.82, 2.24) is 0 Å². The molecule has 2 aromatic carbocycles. The van der Waals surface area contributed by atoms with Crippen molar-refractivity contribution in [2.45, 2.75) is 0 Å². The first-order chi connectivity index (χ1) is 13.0. The number of hydrogen-bond acceptors (Lipinski definition) is 4. The molecule has 1 aromatic heterocycles. The van der Waals surface area contributed by atoms with Crippen molar-refractivity contribution in [3.05, 3.63) is 81.8 Å². The minimum absolute atomic E-state index is 0.0148. The van der Waals surface area contributed by atoms with Crippen molar-refractivity contribution in [3.63, 3.8) is 0 Å². The van der Waals surface area contributed by atoms with E-state index in [-0.39, 0.29) is 16.3 Å². The van der Waals surface area contributed by atoms with Gasteiger partial charge in [-0.15, -0.1) is 11.3 Å². The Kier molecular flexibility index (Phi) is 5.59. The first-order valence-corrected chi connectivity index (χ1v) is 9.16. The summed E-state index contributed by atoms with van der Waals surface area (Å²) in [4.78, 5) is 24.1. The lowest BCUT2D eigenvalue weighted by Crippen LogP contribution is -2.20. The molecule has 0 spiro atoms. The second kappa shape index (κ2) is 8.07. The summed E-state index contributed by atoms with van der Waals surface area (Å²) in [6.45, 7) is 0. The molecular formula is C20H15ClN2O3S. The van der Waals surface area contributed by atoms with Gasteiger partial charge in [-0.2, -0.15) is 0 Å². The van der Waals surface area contributed by atoms with Gasteiger partial charge in [-0.3, -0.25) is 4.79 Å². The minimum atomic E-state index is -1.14. The third-order valence-corrected chi connectivity index (χ3v) is 4.92. The summed E-state index contributed by atoms with van der Waals surface area (Å²) >= 11 is 7.01. The number of benzene rings is 2. The maximum Gasteiger partial charge on any atom is 0.339 e. The van der Waals surface area contributed by atoms with Gasteiger partial charge in [0.25, 0.3) is 5.91 Å². The molecule has 7 heteroatoms. The van der Waals surface area contributed by atoms with Crippen LogP contribution in [0.5, 0.6) is 0 Å². The van der Waals surface area contributed by atoms with E-state index >= 15 is 0 Å². The van der Waals surface area contributed by atoms with Crippen LogP contribution < -0.4 is 11.1 Å². The van der Waals surface area contributed by atoms with Crippen LogP contribution in [-0.4, -0.2) is 17.0 Å². The normalized spacial score (nSPS) is 11.2. The van der Waals surface area contributed by atoms with Gasteiger partial charge in [-0.1, -0.05) is 54.1 Å². The Balaban J connectivity index is 1.89. The minimum Gasteiger partial charge on any atom is -0.478 e. The predicted octanol–water partition coefficient (Wildman–Crippen LogP) is 4.71. The molecule has 136 valence electrons. The van der Waals surface area contributed by atoms with Crippen LogP contribution in [0, 0.1) is 0 Å². The standard InChI is InChI=1S/C20H15ClN2O3S/c21-14-8-6-13(7-9-14)15-11-27-19(17(15)20(25)26)23-18(24)16(22)10-12-4-2-1-3-5-12/h1-11H,22H2,(H,23,24)(H,25,26)/b16-10-. The maximum atomic E-state index is 12.4. The monoisotopic (exact) mass is 398 g/mol. The molecule has 0 atom stereocenters. The van der Waals surface area contributed by atoms with Gasteiger partial charge in [0, 0.05) is 16.0 Å². The molecule has 4 N–H and O–H groups in total. The van der Waals surface area contributed by atoms with Gasteiger partial charge >= 0.3 is 5.97 Å². The number of amides is 1. The number of nitrogens with one attached hydrogen (secondary N) is 1. The van der Waals surface area contributed by atoms with Gasteiger partial charge in [0.05, 0.1) is 5.70 Å². The Morgan fingerprint density at radius 3 is 2.37 bits per heavy atom. The van der Waals surface area contributed by atoms with Crippen molar-refractivity contribution in [3.8, 4) is 11.1 Å². The Bertz CT molecular complexity index is 1010. The van der Waals surface area contributed by atoms with E-state index in [0.717, 1.165) is 16.9 Å². The summed E-state index contributed by atoms with van der Waals surface area (Å²) < 4.78 is 0. The molecule has 0 radical (unpaired) electrons. The van der Waals surface area contributed by atoms with Crippen molar-refractivity contribution in [2.75, 3.05) is 5.32 Å². The highest BCUT2D eigenvalue weighted by Gasteiger charge is 2.21. The fraction of sp³-hybridized carbons (Fsp3) is 0. The lowest BCUT2D eigenvalue weighted by molar-refractivity contribution is -0.112. The van der Waals surface area contributed by atoms with Crippen molar-refractivity contribution < 1.29 is 14.7 Å². The zero-order valence-electron chi connectivity index (χ0n) is 14.0. The molecule has 1 amide bonds. The average Bonchev–Trinajstić information content (AvgIpc) is 3.07. The van der Waals surface area contributed by atoms with E-state index in [2.05, 4.69) is 5.32 Å². The van der Waals surface area contributed by atoms with Crippen molar-refractivity contribution >= 4 is 45.9 Å². The average molecular weight is 399 g/mol. The summed E-state index contributed by atoms with van der Waals surface area (Å²) in [6, 6.07) is 16.0. The van der Waals surface area contributed by atoms with Crippen LogP contribution in [0.4, 0.5) is 5.00 Å². The number of rotatable bonds is 5.